The Labute approximate surface area is 128 Å². The molecule has 0 aromatic heterocycles. The number of rotatable bonds is 5. The van der Waals surface area contributed by atoms with Gasteiger partial charge < -0.3 is 10.1 Å². The molecule has 0 bridgehead atoms. The maximum atomic E-state index is 13.7. The SMILES string of the molecule is CO[C@H](C(=O)N[C@@H](C#N)c1ccccc1F)c1ccccc1. The van der Waals surface area contributed by atoms with Crippen LogP contribution in [0.25, 0.3) is 0 Å². The van der Waals surface area contributed by atoms with Crippen LogP contribution in [-0.2, 0) is 9.53 Å². The van der Waals surface area contributed by atoms with Gasteiger partial charge in [-0.1, -0.05) is 48.5 Å². The van der Waals surface area contributed by atoms with Crippen molar-refractivity contribution < 1.29 is 13.9 Å². The Kier molecular flexibility index (Phi) is 5.23. The lowest BCUT2D eigenvalue weighted by molar-refractivity contribution is -0.131. The van der Waals surface area contributed by atoms with Crippen molar-refractivity contribution in [3.05, 3.63) is 71.5 Å². The second kappa shape index (κ2) is 7.34. The van der Waals surface area contributed by atoms with Crippen molar-refractivity contribution in [3.63, 3.8) is 0 Å². The van der Waals surface area contributed by atoms with Gasteiger partial charge in [0.2, 0.25) is 0 Å². The lowest BCUT2D eigenvalue weighted by Crippen LogP contribution is -2.33. The number of amides is 1. The largest absolute Gasteiger partial charge is 0.367 e. The number of methoxy groups -OCH3 is 1. The van der Waals surface area contributed by atoms with Gasteiger partial charge in [0.15, 0.2) is 6.10 Å². The quantitative estimate of drug-likeness (QED) is 0.923. The second-order valence-electron chi connectivity index (χ2n) is 4.62. The number of halogens is 1. The van der Waals surface area contributed by atoms with Crippen LogP contribution in [0, 0.1) is 17.1 Å². The number of hydrogen-bond acceptors (Lipinski definition) is 3. The number of ether oxygens (including phenoxy) is 1. The minimum absolute atomic E-state index is 0.126. The minimum atomic E-state index is -1.07. The Bertz CT molecular complexity index is 683. The van der Waals surface area contributed by atoms with Gasteiger partial charge >= 0.3 is 0 Å². The molecule has 5 heteroatoms. The Morgan fingerprint density at radius 1 is 1.18 bits per heavy atom. The van der Waals surface area contributed by atoms with Crippen molar-refractivity contribution in [2.45, 2.75) is 12.1 Å². The molecule has 0 heterocycles. The van der Waals surface area contributed by atoms with Crippen LogP contribution in [0.15, 0.2) is 54.6 Å². The molecule has 22 heavy (non-hydrogen) atoms. The number of carbonyl (C=O) groups excluding carboxylic acids is 1. The standard InChI is InChI=1S/C17H15FN2O2/c1-22-16(12-7-3-2-4-8-12)17(21)20-15(11-19)13-9-5-6-10-14(13)18/h2-10,15-16H,1H3,(H,20,21)/t15-,16-/m0/s1. The predicted molar refractivity (Wildman–Crippen MR) is 79.1 cm³/mol. The lowest BCUT2D eigenvalue weighted by atomic mass is 10.1. The molecule has 0 aliphatic carbocycles. The summed E-state index contributed by atoms with van der Waals surface area (Å²) in [5, 5.41) is 11.7. The molecule has 0 aliphatic heterocycles. The summed E-state index contributed by atoms with van der Waals surface area (Å²) in [6.45, 7) is 0. The lowest BCUT2D eigenvalue weighted by Gasteiger charge is -2.18. The minimum Gasteiger partial charge on any atom is -0.367 e. The highest BCUT2D eigenvalue weighted by molar-refractivity contribution is 5.83. The van der Waals surface area contributed by atoms with E-state index in [-0.39, 0.29) is 5.56 Å². The third-order valence-corrected chi connectivity index (χ3v) is 3.21. The van der Waals surface area contributed by atoms with E-state index in [1.54, 1.807) is 30.3 Å². The Morgan fingerprint density at radius 2 is 1.82 bits per heavy atom. The fourth-order valence-electron chi connectivity index (χ4n) is 2.13. The second-order valence-corrected chi connectivity index (χ2v) is 4.62. The summed E-state index contributed by atoms with van der Waals surface area (Å²) in [5.41, 5.74) is 0.786. The molecule has 0 fully saturated rings. The maximum absolute atomic E-state index is 13.7. The van der Waals surface area contributed by atoms with Crippen molar-refractivity contribution >= 4 is 5.91 Å². The number of hydrogen-bond donors (Lipinski definition) is 1. The summed E-state index contributed by atoms with van der Waals surface area (Å²) >= 11 is 0. The van der Waals surface area contributed by atoms with Gasteiger partial charge in [0.25, 0.3) is 5.91 Å². The molecule has 0 unspecified atom stereocenters. The van der Waals surface area contributed by atoms with Crippen LogP contribution in [0.3, 0.4) is 0 Å². The summed E-state index contributed by atoms with van der Waals surface area (Å²) in [5.74, 6) is -1.04. The van der Waals surface area contributed by atoms with Crippen molar-refractivity contribution in [1.82, 2.24) is 5.32 Å². The van der Waals surface area contributed by atoms with Gasteiger partial charge in [-0.2, -0.15) is 5.26 Å². The van der Waals surface area contributed by atoms with E-state index < -0.39 is 23.9 Å². The zero-order valence-electron chi connectivity index (χ0n) is 12.0. The van der Waals surface area contributed by atoms with Gasteiger partial charge in [0, 0.05) is 12.7 Å². The van der Waals surface area contributed by atoms with E-state index in [9.17, 15) is 14.4 Å². The number of benzene rings is 2. The molecule has 0 saturated heterocycles. The first-order valence-corrected chi connectivity index (χ1v) is 6.69. The van der Waals surface area contributed by atoms with Crippen molar-refractivity contribution in [3.8, 4) is 6.07 Å². The smallest absolute Gasteiger partial charge is 0.255 e. The van der Waals surface area contributed by atoms with E-state index in [1.807, 2.05) is 12.1 Å². The van der Waals surface area contributed by atoms with Crippen LogP contribution in [0.5, 0.6) is 0 Å². The van der Waals surface area contributed by atoms with E-state index in [0.29, 0.717) is 5.56 Å². The summed E-state index contributed by atoms with van der Waals surface area (Å²) < 4.78 is 18.9. The maximum Gasteiger partial charge on any atom is 0.255 e. The van der Waals surface area contributed by atoms with E-state index >= 15 is 0 Å². The average molecular weight is 298 g/mol. The normalized spacial score (nSPS) is 13.0. The first-order chi connectivity index (χ1) is 10.7. The Morgan fingerprint density at radius 3 is 2.41 bits per heavy atom. The molecule has 4 nitrogen and oxygen atoms in total. The van der Waals surface area contributed by atoms with E-state index in [0.717, 1.165) is 0 Å². The molecular formula is C17H15FN2O2. The molecule has 112 valence electrons. The van der Waals surface area contributed by atoms with Crippen LogP contribution in [0.1, 0.15) is 23.3 Å². The molecule has 0 saturated carbocycles. The number of nitrogens with one attached hydrogen (secondary N) is 1. The monoisotopic (exact) mass is 298 g/mol. The van der Waals surface area contributed by atoms with Crippen LogP contribution >= 0.6 is 0 Å². The van der Waals surface area contributed by atoms with Gasteiger partial charge in [-0.25, -0.2) is 4.39 Å². The summed E-state index contributed by atoms with van der Waals surface area (Å²) in [7, 11) is 1.40. The van der Waals surface area contributed by atoms with Gasteiger partial charge in [-0.15, -0.1) is 0 Å². The summed E-state index contributed by atoms with van der Waals surface area (Å²) in [4.78, 5) is 12.3. The highest BCUT2D eigenvalue weighted by Gasteiger charge is 2.24. The molecule has 1 N–H and O–H groups in total. The topological polar surface area (TPSA) is 62.1 Å². The average Bonchev–Trinajstić information content (AvgIpc) is 2.55. The van der Waals surface area contributed by atoms with Crippen molar-refractivity contribution in [2.75, 3.05) is 7.11 Å². The molecule has 2 aromatic carbocycles. The number of nitriles is 1. The van der Waals surface area contributed by atoms with Crippen molar-refractivity contribution in [1.29, 1.82) is 5.26 Å². The molecule has 0 aliphatic rings. The summed E-state index contributed by atoms with van der Waals surface area (Å²) in [6, 6.07) is 15.6. The highest BCUT2D eigenvalue weighted by atomic mass is 19.1. The fraction of sp³-hybridized carbons (Fsp3) is 0.176. The van der Waals surface area contributed by atoms with E-state index in [4.69, 9.17) is 4.74 Å². The predicted octanol–water partition coefficient (Wildman–Crippen LogP) is 2.89. The Balaban J connectivity index is 2.19. The Hall–Kier alpha value is -2.71. The molecule has 1 amide bonds. The van der Waals surface area contributed by atoms with Crippen LogP contribution in [0.2, 0.25) is 0 Å². The van der Waals surface area contributed by atoms with Gasteiger partial charge in [0.1, 0.15) is 11.9 Å². The summed E-state index contributed by atoms with van der Waals surface area (Å²) in [6.07, 6.45) is -0.858. The van der Waals surface area contributed by atoms with Crippen LogP contribution < -0.4 is 5.32 Å². The van der Waals surface area contributed by atoms with Crippen LogP contribution in [-0.4, -0.2) is 13.0 Å². The third-order valence-electron chi connectivity index (χ3n) is 3.21. The number of nitrogens with zero attached hydrogens (tertiary/aromatic N) is 1. The van der Waals surface area contributed by atoms with Gasteiger partial charge in [0.05, 0.1) is 6.07 Å². The molecule has 2 atom stereocenters. The van der Waals surface area contributed by atoms with Gasteiger partial charge in [-0.05, 0) is 11.6 Å². The highest BCUT2D eigenvalue weighted by Crippen LogP contribution is 2.20. The van der Waals surface area contributed by atoms with E-state index in [1.165, 1.54) is 25.3 Å². The molecule has 2 rings (SSSR count). The molecular weight excluding hydrogens is 283 g/mol. The zero-order chi connectivity index (χ0) is 15.9. The zero-order valence-corrected chi connectivity index (χ0v) is 12.0. The third kappa shape index (κ3) is 3.48. The fourth-order valence-corrected chi connectivity index (χ4v) is 2.13. The van der Waals surface area contributed by atoms with E-state index in [2.05, 4.69) is 5.32 Å². The first-order valence-electron chi connectivity index (χ1n) is 6.69. The first kappa shape index (κ1) is 15.7. The van der Waals surface area contributed by atoms with Gasteiger partial charge in [-0.3, -0.25) is 4.79 Å². The molecule has 0 radical (unpaired) electrons. The molecule has 0 spiro atoms. The van der Waals surface area contributed by atoms with Crippen LogP contribution in [0.4, 0.5) is 4.39 Å². The molecule has 2 aromatic rings. The number of carbonyl (C=O) groups is 1. The van der Waals surface area contributed by atoms with Crippen molar-refractivity contribution in [2.24, 2.45) is 0 Å².